The third kappa shape index (κ3) is 7.67. The van der Waals surface area contributed by atoms with E-state index in [1.54, 1.807) is 0 Å². The minimum Gasteiger partial charge on any atom is -0.356 e. The molecule has 2 N–H and O–H groups in total. The Morgan fingerprint density at radius 2 is 1.97 bits per heavy atom. The molecule has 0 aliphatic carbocycles. The van der Waals surface area contributed by atoms with Crippen LogP contribution in [0.15, 0.2) is 29.3 Å². The average Bonchev–Trinajstić information content (AvgIpc) is 3.02. The first-order valence-corrected chi connectivity index (χ1v) is 12.4. The number of likely N-dealkylation sites (tertiary alicyclic amines) is 1. The van der Waals surface area contributed by atoms with Gasteiger partial charge in [0.25, 0.3) is 0 Å². The lowest BCUT2D eigenvalue weighted by molar-refractivity contribution is 0.198. The van der Waals surface area contributed by atoms with Crippen molar-refractivity contribution in [2.24, 2.45) is 4.99 Å². The molecule has 8 heteroatoms. The number of piperidine rings is 1. The molecule has 182 valence electrons. The van der Waals surface area contributed by atoms with E-state index in [2.05, 4.69) is 66.5 Å². The van der Waals surface area contributed by atoms with Crippen LogP contribution in [0.25, 0.3) is 0 Å². The van der Waals surface area contributed by atoms with Crippen molar-refractivity contribution in [3.63, 3.8) is 0 Å². The SMILES string of the molecule is CN=C(NCCCc1nnc2n1CCCCC2)NC1CCN(Cc2cccc(C)c2)CC1.I. The first-order chi connectivity index (χ1) is 15.7. The topological polar surface area (TPSA) is 70.4 Å². The summed E-state index contributed by atoms with van der Waals surface area (Å²) in [5.74, 6) is 3.24. The summed E-state index contributed by atoms with van der Waals surface area (Å²) in [6, 6.07) is 9.35. The molecule has 0 spiro atoms. The Morgan fingerprint density at radius 3 is 2.76 bits per heavy atom. The molecule has 1 saturated heterocycles. The number of rotatable bonds is 7. The molecule has 0 atom stereocenters. The van der Waals surface area contributed by atoms with Gasteiger partial charge in [0, 0.05) is 58.7 Å². The highest BCUT2D eigenvalue weighted by atomic mass is 127. The maximum Gasteiger partial charge on any atom is 0.191 e. The third-order valence-corrected chi connectivity index (χ3v) is 6.70. The van der Waals surface area contributed by atoms with E-state index >= 15 is 0 Å². The fourth-order valence-corrected chi connectivity index (χ4v) is 4.88. The highest BCUT2D eigenvalue weighted by Gasteiger charge is 2.20. The van der Waals surface area contributed by atoms with Gasteiger partial charge in [-0.25, -0.2) is 0 Å². The number of nitrogens with one attached hydrogen (secondary N) is 2. The molecular weight excluding hydrogens is 525 g/mol. The van der Waals surface area contributed by atoms with Crippen molar-refractivity contribution in [1.29, 1.82) is 0 Å². The van der Waals surface area contributed by atoms with Gasteiger partial charge in [-0.3, -0.25) is 9.89 Å². The molecule has 2 aromatic rings. The van der Waals surface area contributed by atoms with Crippen LogP contribution in [0.5, 0.6) is 0 Å². The summed E-state index contributed by atoms with van der Waals surface area (Å²) in [6.07, 6.45) is 9.17. The first-order valence-electron chi connectivity index (χ1n) is 12.4. The number of fused-ring (bicyclic) bond motifs is 1. The molecule has 1 aromatic carbocycles. The predicted molar refractivity (Wildman–Crippen MR) is 145 cm³/mol. The van der Waals surface area contributed by atoms with Crippen molar-refractivity contribution in [2.75, 3.05) is 26.7 Å². The van der Waals surface area contributed by atoms with E-state index in [0.717, 1.165) is 76.6 Å². The van der Waals surface area contributed by atoms with Crippen molar-refractivity contribution in [3.8, 4) is 0 Å². The third-order valence-electron chi connectivity index (χ3n) is 6.70. The molecule has 4 rings (SSSR count). The zero-order valence-electron chi connectivity index (χ0n) is 20.2. The van der Waals surface area contributed by atoms with Gasteiger partial charge in [0.1, 0.15) is 11.6 Å². The molecule has 0 bridgehead atoms. The number of benzene rings is 1. The molecule has 1 fully saturated rings. The number of hydrogen-bond acceptors (Lipinski definition) is 4. The van der Waals surface area contributed by atoms with Gasteiger partial charge in [0.15, 0.2) is 5.96 Å². The summed E-state index contributed by atoms with van der Waals surface area (Å²) >= 11 is 0. The van der Waals surface area contributed by atoms with Crippen LogP contribution >= 0.6 is 24.0 Å². The summed E-state index contributed by atoms with van der Waals surface area (Å²) in [7, 11) is 1.86. The van der Waals surface area contributed by atoms with Crippen LogP contribution in [-0.4, -0.2) is 58.3 Å². The molecule has 33 heavy (non-hydrogen) atoms. The van der Waals surface area contributed by atoms with Crippen molar-refractivity contribution in [2.45, 2.75) is 77.4 Å². The fraction of sp³-hybridized carbons (Fsp3) is 0.640. The zero-order valence-corrected chi connectivity index (χ0v) is 22.6. The Hall–Kier alpha value is -1.68. The highest BCUT2D eigenvalue weighted by Crippen LogP contribution is 2.16. The van der Waals surface area contributed by atoms with Gasteiger partial charge in [-0.1, -0.05) is 36.2 Å². The quantitative estimate of drug-likeness (QED) is 0.232. The van der Waals surface area contributed by atoms with E-state index in [4.69, 9.17) is 0 Å². The second-order valence-corrected chi connectivity index (χ2v) is 9.28. The van der Waals surface area contributed by atoms with Crippen LogP contribution in [0.2, 0.25) is 0 Å². The lowest BCUT2D eigenvalue weighted by Gasteiger charge is -2.33. The van der Waals surface area contributed by atoms with Crippen molar-refractivity contribution >= 4 is 29.9 Å². The number of hydrogen-bond donors (Lipinski definition) is 2. The van der Waals surface area contributed by atoms with Crippen LogP contribution in [0.4, 0.5) is 0 Å². The standard InChI is InChI=1S/C25H39N7.HI/c1-20-8-6-9-21(18-20)19-31-16-12-22(13-17-31)28-25(26-2)27-14-7-11-24-30-29-23-10-4-3-5-15-32(23)24;/h6,8-9,18,22H,3-5,7,10-17,19H2,1-2H3,(H2,26,27,28);1H. The Morgan fingerprint density at radius 1 is 1.12 bits per heavy atom. The minimum atomic E-state index is 0. The van der Waals surface area contributed by atoms with E-state index in [1.165, 1.54) is 36.2 Å². The maximum atomic E-state index is 4.45. The lowest BCUT2D eigenvalue weighted by atomic mass is 10.0. The fourth-order valence-electron chi connectivity index (χ4n) is 4.88. The first kappa shape index (κ1) is 25.9. The Balaban J connectivity index is 0.00000306. The highest BCUT2D eigenvalue weighted by molar-refractivity contribution is 14.0. The van der Waals surface area contributed by atoms with Gasteiger partial charge >= 0.3 is 0 Å². The van der Waals surface area contributed by atoms with Crippen LogP contribution in [-0.2, 0) is 25.9 Å². The van der Waals surface area contributed by atoms with E-state index in [0.29, 0.717) is 6.04 Å². The van der Waals surface area contributed by atoms with Crippen molar-refractivity contribution in [1.82, 2.24) is 30.3 Å². The number of guanidine groups is 1. The molecule has 0 saturated carbocycles. The van der Waals surface area contributed by atoms with Gasteiger partial charge in [-0.05, 0) is 44.6 Å². The number of aryl methyl sites for hydroxylation is 3. The number of aliphatic imine (C=N–C) groups is 1. The van der Waals surface area contributed by atoms with Crippen LogP contribution < -0.4 is 10.6 Å². The Bertz CT molecular complexity index is 887. The smallest absolute Gasteiger partial charge is 0.191 e. The van der Waals surface area contributed by atoms with Gasteiger partial charge in [-0.15, -0.1) is 34.2 Å². The molecule has 2 aliphatic rings. The molecule has 7 nitrogen and oxygen atoms in total. The van der Waals surface area contributed by atoms with Crippen LogP contribution in [0.1, 0.15) is 61.3 Å². The van der Waals surface area contributed by atoms with E-state index in [1.807, 2.05) is 7.05 Å². The molecular formula is C25H40IN7. The summed E-state index contributed by atoms with van der Waals surface area (Å²) in [5, 5.41) is 16.0. The van der Waals surface area contributed by atoms with Crippen LogP contribution in [0.3, 0.4) is 0 Å². The summed E-state index contributed by atoms with van der Waals surface area (Å²) in [4.78, 5) is 7.00. The van der Waals surface area contributed by atoms with E-state index in [9.17, 15) is 0 Å². The minimum absolute atomic E-state index is 0. The van der Waals surface area contributed by atoms with Crippen molar-refractivity contribution < 1.29 is 0 Å². The van der Waals surface area contributed by atoms with Gasteiger partial charge in [0.05, 0.1) is 0 Å². The predicted octanol–water partition coefficient (Wildman–Crippen LogP) is 3.69. The second kappa shape index (κ2) is 13.3. The van der Waals surface area contributed by atoms with Crippen LogP contribution in [0, 0.1) is 6.92 Å². The average molecular weight is 566 g/mol. The molecule has 0 unspecified atom stereocenters. The lowest BCUT2D eigenvalue weighted by Crippen LogP contribution is -2.48. The number of nitrogens with zero attached hydrogens (tertiary/aromatic N) is 5. The zero-order chi connectivity index (χ0) is 22.2. The number of halogens is 1. The van der Waals surface area contributed by atoms with E-state index in [-0.39, 0.29) is 24.0 Å². The summed E-state index contributed by atoms with van der Waals surface area (Å²) < 4.78 is 2.35. The molecule has 3 heterocycles. The second-order valence-electron chi connectivity index (χ2n) is 9.28. The summed E-state index contributed by atoms with van der Waals surface area (Å²) in [5.41, 5.74) is 2.76. The monoisotopic (exact) mass is 565 g/mol. The Kier molecular flexibility index (Phi) is 10.4. The van der Waals surface area contributed by atoms with Crippen molar-refractivity contribution in [3.05, 3.63) is 47.0 Å². The molecule has 1 aromatic heterocycles. The maximum absolute atomic E-state index is 4.45. The normalized spacial score (nSPS) is 17.7. The molecule has 2 aliphatic heterocycles. The van der Waals surface area contributed by atoms with E-state index < -0.39 is 0 Å². The Labute approximate surface area is 215 Å². The van der Waals surface area contributed by atoms with Gasteiger partial charge < -0.3 is 15.2 Å². The van der Waals surface area contributed by atoms with Gasteiger partial charge in [0.2, 0.25) is 0 Å². The van der Waals surface area contributed by atoms with Gasteiger partial charge in [-0.2, -0.15) is 0 Å². The molecule has 0 radical (unpaired) electrons. The summed E-state index contributed by atoms with van der Waals surface area (Å²) in [6.45, 7) is 7.44. The molecule has 0 amide bonds. The number of aromatic nitrogens is 3. The largest absolute Gasteiger partial charge is 0.356 e.